The summed E-state index contributed by atoms with van der Waals surface area (Å²) in [5.74, 6) is -1.12. The molecule has 1 unspecified atom stereocenters. The van der Waals surface area contributed by atoms with Crippen molar-refractivity contribution in [1.82, 2.24) is 4.90 Å². The number of benzene rings is 1. The van der Waals surface area contributed by atoms with Crippen LogP contribution in [0.4, 0.5) is 0 Å². The fourth-order valence-corrected chi connectivity index (χ4v) is 2.64. The highest BCUT2D eigenvalue weighted by Gasteiger charge is 2.29. The maximum absolute atomic E-state index is 11.4. The molecule has 19 heavy (non-hydrogen) atoms. The van der Waals surface area contributed by atoms with E-state index in [-0.39, 0.29) is 0 Å². The molecule has 1 aromatic rings. The van der Waals surface area contributed by atoms with Gasteiger partial charge >= 0.3 is 5.97 Å². The predicted octanol–water partition coefficient (Wildman–Crippen LogP) is 2.10. The number of unbranched alkanes of at least 4 members (excludes halogenated alkanes) is 1. The molecule has 4 nitrogen and oxygen atoms in total. The van der Waals surface area contributed by atoms with Crippen LogP contribution in [0.5, 0.6) is 0 Å². The van der Waals surface area contributed by atoms with E-state index in [1.807, 2.05) is 24.3 Å². The number of rotatable bonds is 6. The van der Waals surface area contributed by atoms with Gasteiger partial charge in [0.15, 0.2) is 0 Å². The fourth-order valence-electron chi connectivity index (χ4n) is 2.64. The quantitative estimate of drug-likeness (QED) is 0.799. The number of carboxylic acids is 1. The summed E-state index contributed by atoms with van der Waals surface area (Å²) in [6, 6.07) is 7.87. The second-order valence-electron chi connectivity index (χ2n) is 5.02. The van der Waals surface area contributed by atoms with Crippen LogP contribution in [-0.2, 0) is 16.1 Å². The van der Waals surface area contributed by atoms with Gasteiger partial charge in [-0.05, 0) is 30.5 Å². The molecule has 0 aliphatic carbocycles. The Balaban J connectivity index is 2.01. The molecule has 2 rings (SSSR count). The molecule has 4 heteroatoms. The standard InChI is InChI=1S/C15H21NO3/c1-19-9-5-4-8-16-10-12-6-2-3-7-13(12)14(11-16)15(17)18/h2-3,6-7,14H,4-5,8-11H2,1H3,(H,17,18). The zero-order chi connectivity index (χ0) is 13.7. The first kappa shape index (κ1) is 14.0. The van der Waals surface area contributed by atoms with E-state index in [1.165, 1.54) is 0 Å². The normalized spacial score (nSPS) is 19.1. The molecule has 0 fully saturated rings. The molecule has 0 bridgehead atoms. The summed E-state index contributed by atoms with van der Waals surface area (Å²) in [5, 5.41) is 9.37. The molecule has 1 heterocycles. The Morgan fingerprint density at radius 2 is 2.21 bits per heavy atom. The van der Waals surface area contributed by atoms with E-state index < -0.39 is 11.9 Å². The highest BCUT2D eigenvalue weighted by atomic mass is 16.5. The minimum Gasteiger partial charge on any atom is -0.481 e. The van der Waals surface area contributed by atoms with E-state index in [4.69, 9.17) is 4.74 Å². The first-order valence-corrected chi connectivity index (χ1v) is 6.74. The summed E-state index contributed by atoms with van der Waals surface area (Å²) >= 11 is 0. The van der Waals surface area contributed by atoms with Crippen molar-refractivity contribution in [3.05, 3.63) is 35.4 Å². The Bertz CT molecular complexity index is 433. The predicted molar refractivity (Wildman–Crippen MR) is 73.2 cm³/mol. The summed E-state index contributed by atoms with van der Waals surface area (Å²) < 4.78 is 5.03. The van der Waals surface area contributed by atoms with Gasteiger partial charge in [-0.1, -0.05) is 24.3 Å². The summed E-state index contributed by atoms with van der Waals surface area (Å²) in [5.41, 5.74) is 2.12. The topological polar surface area (TPSA) is 49.8 Å². The average Bonchev–Trinajstić information content (AvgIpc) is 2.42. The molecule has 1 aliphatic rings. The SMILES string of the molecule is COCCCCN1Cc2ccccc2C(C(=O)O)C1. The van der Waals surface area contributed by atoms with Crippen LogP contribution in [-0.4, -0.2) is 42.8 Å². The minimum atomic E-state index is -0.728. The van der Waals surface area contributed by atoms with Gasteiger partial charge in [0.05, 0.1) is 5.92 Å². The number of methoxy groups -OCH3 is 1. The third-order valence-electron chi connectivity index (χ3n) is 3.64. The Morgan fingerprint density at radius 3 is 2.95 bits per heavy atom. The molecular formula is C15H21NO3. The largest absolute Gasteiger partial charge is 0.481 e. The van der Waals surface area contributed by atoms with Gasteiger partial charge in [-0.15, -0.1) is 0 Å². The number of carboxylic acid groups (broad SMARTS) is 1. The lowest BCUT2D eigenvalue weighted by Crippen LogP contribution is -2.37. The van der Waals surface area contributed by atoms with E-state index in [0.717, 1.165) is 43.7 Å². The van der Waals surface area contributed by atoms with Crippen LogP contribution in [0.25, 0.3) is 0 Å². The molecular weight excluding hydrogens is 242 g/mol. The second kappa shape index (κ2) is 6.68. The zero-order valence-corrected chi connectivity index (χ0v) is 11.3. The molecule has 1 aliphatic heterocycles. The van der Waals surface area contributed by atoms with E-state index in [9.17, 15) is 9.90 Å². The van der Waals surface area contributed by atoms with Crippen LogP contribution < -0.4 is 0 Å². The molecule has 0 saturated heterocycles. The third kappa shape index (κ3) is 3.55. The van der Waals surface area contributed by atoms with Crippen LogP contribution in [0.15, 0.2) is 24.3 Å². The Hall–Kier alpha value is -1.39. The molecule has 104 valence electrons. The Morgan fingerprint density at radius 1 is 1.42 bits per heavy atom. The first-order valence-electron chi connectivity index (χ1n) is 6.74. The lowest BCUT2D eigenvalue weighted by molar-refractivity contribution is -0.139. The van der Waals surface area contributed by atoms with Gasteiger partial charge in [0.1, 0.15) is 0 Å². The van der Waals surface area contributed by atoms with Crippen molar-refractivity contribution >= 4 is 5.97 Å². The molecule has 0 aromatic heterocycles. The number of fused-ring (bicyclic) bond motifs is 1. The van der Waals surface area contributed by atoms with Crippen molar-refractivity contribution in [1.29, 1.82) is 0 Å². The van der Waals surface area contributed by atoms with Gasteiger partial charge in [-0.25, -0.2) is 0 Å². The monoisotopic (exact) mass is 263 g/mol. The lowest BCUT2D eigenvalue weighted by atomic mass is 9.90. The van der Waals surface area contributed by atoms with Crippen molar-refractivity contribution in [2.24, 2.45) is 0 Å². The summed E-state index contributed by atoms with van der Waals surface area (Å²) in [6.45, 7) is 3.17. The second-order valence-corrected chi connectivity index (χ2v) is 5.02. The molecule has 0 amide bonds. The van der Waals surface area contributed by atoms with Gasteiger partial charge in [0, 0.05) is 26.8 Å². The number of hydrogen-bond donors (Lipinski definition) is 1. The van der Waals surface area contributed by atoms with Crippen LogP contribution in [0, 0.1) is 0 Å². The van der Waals surface area contributed by atoms with Crippen LogP contribution in [0.2, 0.25) is 0 Å². The van der Waals surface area contributed by atoms with Crippen molar-refractivity contribution < 1.29 is 14.6 Å². The van der Waals surface area contributed by atoms with Crippen molar-refractivity contribution in [3.63, 3.8) is 0 Å². The smallest absolute Gasteiger partial charge is 0.312 e. The summed E-state index contributed by atoms with van der Waals surface area (Å²) in [4.78, 5) is 13.6. The van der Waals surface area contributed by atoms with Crippen molar-refractivity contribution in [3.8, 4) is 0 Å². The highest BCUT2D eigenvalue weighted by molar-refractivity contribution is 5.77. The van der Waals surface area contributed by atoms with Crippen LogP contribution >= 0.6 is 0 Å². The number of hydrogen-bond acceptors (Lipinski definition) is 3. The molecule has 1 aromatic carbocycles. The molecule has 0 spiro atoms. The van der Waals surface area contributed by atoms with E-state index >= 15 is 0 Å². The Kier molecular flexibility index (Phi) is 4.93. The number of nitrogens with zero attached hydrogens (tertiary/aromatic N) is 1. The minimum absolute atomic E-state index is 0.396. The van der Waals surface area contributed by atoms with Gasteiger partial charge in [0.25, 0.3) is 0 Å². The van der Waals surface area contributed by atoms with E-state index in [1.54, 1.807) is 7.11 Å². The van der Waals surface area contributed by atoms with E-state index in [0.29, 0.717) is 6.54 Å². The Labute approximate surface area is 114 Å². The molecule has 0 saturated carbocycles. The zero-order valence-electron chi connectivity index (χ0n) is 11.3. The average molecular weight is 263 g/mol. The first-order chi connectivity index (χ1) is 9.22. The number of carbonyl (C=O) groups is 1. The molecule has 1 atom stereocenters. The van der Waals surface area contributed by atoms with Gasteiger partial charge in [-0.3, -0.25) is 9.69 Å². The van der Waals surface area contributed by atoms with Crippen molar-refractivity contribution in [2.75, 3.05) is 26.8 Å². The maximum Gasteiger partial charge on any atom is 0.312 e. The van der Waals surface area contributed by atoms with Gasteiger partial charge in [0.2, 0.25) is 0 Å². The van der Waals surface area contributed by atoms with Crippen LogP contribution in [0.3, 0.4) is 0 Å². The number of ether oxygens (including phenoxy) is 1. The van der Waals surface area contributed by atoms with Gasteiger partial charge < -0.3 is 9.84 Å². The maximum atomic E-state index is 11.4. The van der Waals surface area contributed by atoms with Crippen molar-refractivity contribution in [2.45, 2.75) is 25.3 Å². The van der Waals surface area contributed by atoms with Crippen LogP contribution in [0.1, 0.15) is 29.9 Å². The fraction of sp³-hybridized carbons (Fsp3) is 0.533. The van der Waals surface area contributed by atoms with Gasteiger partial charge in [-0.2, -0.15) is 0 Å². The summed E-state index contributed by atoms with van der Waals surface area (Å²) in [6.07, 6.45) is 2.06. The van der Waals surface area contributed by atoms with E-state index in [2.05, 4.69) is 4.90 Å². The lowest BCUT2D eigenvalue weighted by Gasteiger charge is -2.32. The highest BCUT2D eigenvalue weighted by Crippen LogP contribution is 2.28. The molecule has 0 radical (unpaired) electrons. The third-order valence-corrected chi connectivity index (χ3v) is 3.64. The summed E-state index contributed by atoms with van der Waals surface area (Å²) in [7, 11) is 1.71. The molecule has 1 N–H and O–H groups in total. The number of aliphatic carboxylic acids is 1.